The second-order valence-corrected chi connectivity index (χ2v) is 14.0. The fraction of sp³-hybridized carbons (Fsp3) is 0. The van der Waals surface area contributed by atoms with E-state index in [9.17, 15) is 0 Å². The summed E-state index contributed by atoms with van der Waals surface area (Å²) in [5, 5.41) is 7.41. The molecule has 238 valence electrons. The number of rotatable bonds is 5. The van der Waals surface area contributed by atoms with Crippen molar-refractivity contribution in [2.24, 2.45) is 0 Å². The van der Waals surface area contributed by atoms with Gasteiger partial charge in [0.15, 0.2) is 5.82 Å². The summed E-state index contributed by atoms with van der Waals surface area (Å²) in [4.78, 5) is 10.4. The Morgan fingerprint density at radius 3 is 1.71 bits per heavy atom. The smallest absolute Gasteiger partial charge is 0.160 e. The molecule has 10 aromatic rings. The van der Waals surface area contributed by atoms with Crippen LogP contribution in [-0.4, -0.2) is 9.97 Å². The Bertz CT molecular complexity index is 2910. The van der Waals surface area contributed by atoms with Crippen LogP contribution in [0.1, 0.15) is 0 Å². The molecular weight excluding hydrogens is 637 g/mol. The van der Waals surface area contributed by atoms with E-state index in [1.54, 1.807) is 0 Å². The van der Waals surface area contributed by atoms with Gasteiger partial charge in [-0.2, -0.15) is 0 Å². The monoisotopic (exact) mass is 666 g/mol. The number of thiophene rings is 1. The van der Waals surface area contributed by atoms with Crippen molar-refractivity contribution in [3.05, 3.63) is 182 Å². The van der Waals surface area contributed by atoms with E-state index in [-0.39, 0.29) is 0 Å². The van der Waals surface area contributed by atoms with Gasteiger partial charge in [0.05, 0.1) is 11.4 Å². The summed E-state index contributed by atoms with van der Waals surface area (Å²) in [5.41, 5.74) is 9.86. The van der Waals surface area contributed by atoms with Gasteiger partial charge in [0, 0.05) is 36.9 Å². The molecular formula is C48H30N2S. The largest absolute Gasteiger partial charge is 0.228 e. The maximum Gasteiger partial charge on any atom is 0.160 e. The molecule has 2 nitrogen and oxygen atoms in total. The van der Waals surface area contributed by atoms with Crippen molar-refractivity contribution >= 4 is 53.1 Å². The first-order chi connectivity index (χ1) is 25.3. The van der Waals surface area contributed by atoms with Crippen LogP contribution in [0, 0.1) is 0 Å². The first-order valence-electron chi connectivity index (χ1n) is 17.2. The van der Waals surface area contributed by atoms with E-state index >= 15 is 0 Å². The number of hydrogen-bond acceptors (Lipinski definition) is 3. The third-order valence-corrected chi connectivity index (χ3v) is 11.0. The topological polar surface area (TPSA) is 25.8 Å². The second-order valence-electron chi connectivity index (χ2n) is 13.0. The predicted molar refractivity (Wildman–Crippen MR) is 217 cm³/mol. The average molecular weight is 667 g/mol. The van der Waals surface area contributed by atoms with E-state index in [0.29, 0.717) is 5.82 Å². The summed E-state index contributed by atoms with van der Waals surface area (Å²) >= 11 is 1.86. The molecule has 0 atom stereocenters. The van der Waals surface area contributed by atoms with E-state index in [2.05, 4.69) is 164 Å². The Labute approximate surface area is 300 Å². The van der Waals surface area contributed by atoms with Crippen LogP contribution in [0.3, 0.4) is 0 Å². The molecule has 51 heavy (non-hydrogen) atoms. The number of aromatic nitrogens is 2. The number of nitrogens with zero attached hydrogens (tertiary/aromatic N) is 2. The molecule has 2 aromatic heterocycles. The highest BCUT2D eigenvalue weighted by atomic mass is 32.1. The van der Waals surface area contributed by atoms with Gasteiger partial charge in [0.2, 0.25) is 0 Å². The van der Waals surface area contributed by atoms with Gasteiger partial charge in [-0.1, -0.05) is 152 Å². The maximum absolute atomic E-state index is 5.19. The summed E-state index contributed by atoms with van der Waals surface area (Å²) in [6.45, 7) is 0. The first-order valence-corrected chi connectivity index (χ1v) is 18.1. The van der Waals surface area contributed by atoms with Crippen molar-refractivity contribution in [3.8, 4) is 56.2 Å². The molecule has 0 fully saturated rings. The molecule has 0 N–H and O–H groups in total. The van der Waals surface area contributed by atoms with Crippen molar-refractivity contribution in [1.29, 1.82) is 0 Å². The van der Waals surface area contributed by atoms with Crippen molar-refractivity contribution < 1.29 is 0 Å². The molecule has 10 rings (SSSR count). The zero-order chi connectivity index (χ0) is 33.7. The molecule has 0 radical (unpaired) electrons. The lowest BCUT2D eigenvalue weighted by Gasteiger charge is -2.13. The molecule has 0 amide bonds. The quantitative estimate of drug-likeness (QED) is 0.183. The third-order valence-electron chi connectivity index (χ3n) is 9.89. The van der Waals surface area contributed by atoms with Gasteiger partial charge in [-0.05, 0) is 74.1 Å². The SMILES string of the molecule is c1ccc(-c2nc(-c3ccc4cc(-c5cccc6sc7ccccc7c56)ccc4c3)cc(-c3cccc4c(-c5ccccc5)cccc34)n2)cc1. The number of benzene rings is 8. The minimum Gasteiger partial charge on any atom is -0.228 e. The Balaban J connectivity index is 1.11. The maximum atomic E-state index is 5.19. The highest BCUT2D eigenvalue weighted by molar-refractivity contribution is 7.25. The van der Waals surface area contributed by atoms with Crippen LogP contribution >= 0.6 is 11.3 Å². The van der Waals surface area contributed by atoms with Gasteiger partial charge in [0.25, 0.3) is 0 Å². The lowest BCUT2D eigenvalue weighted by molar-refractivity contribution is 1.19. The van der Waals surface area contributed by atoms with Crippen molar-refractivity contribution in [2.45, 2.75) is 0 Å². The average Bonchev–Trinajstić information content (AvgIpc) is 3.59. The Kier molecular flexibility index (Phi) is 7.04. The van der Waals surface area contributed by atoms with Crippen LogP contribution in [0.25, 0.3) is 97.9 Å². The summed E-state index contributed by atoms with van der Waals surface area (Å²) < 4.78 is 2.64. The molecule has 0 aliphatic carbocycles. The third kappa shape index (κ3) is 5.18. The fourth-order valence-electron chi connectivity index (χ4n) is 7.44. The van der Waals surface area contributed by atoms with Crippen molar-refractivity contribution in [1.82, 2.24) is 9.97 Å². The standard InChI is InChI=1S/C48H30N2S/c1-3-12-31(13-4-1)37-17-9-20-40-39(37)19-10-21-41(40)44-30-43(49-48(50-44)32-14-5-2-6-15-32)36-27-25-33-28-35(26-24-34(33)29-36)38-18-11-23-46-47(38)42-16-7-8-22-45(42)51-46/h1-30H. The summed E-state index contributed by atoms with van der Waals surface area (Å²) in [7, 11) is 0. The molecule has 0 aliphatic heterocycles. The normalized spacial score (nSPS) is 11.5. The molecule has 0 saturated carbocycles. The Hall–Kier alpha value is -6.42. The lowest BCUT2D eigenvalue weighted by atomic mass is 9.94. The minimum atomic E-state index is 0.714. The van der Waals surface area contributed by atoms with Gasteiger partial charge in [-0.25, -0.2) is 9.97 Å². The van der Waals surface area contributed by atoms with Crippen molar-refractivity contribution in [2.75, 3.05) is 0 Å². The fourth-order valence-corrected chi connectivity index (χ4v) is 8.57. The number of hydrogen-bond donors (Lipinski definition) is 0. The van der Waals surface area contributed by atoms with Crippen LogP contribution in [0.4, 0.5) is 0 Å². The van der Waals surface area contributed by atoms with E-state index < -0.39 is 0 Å². The Morgan fingerprint density at radius 1 is 0.333 bits per heavy atom. The zero-order valence-electron chi connectivity index (χ0n) is 27.6. The highest BCUT2D eigenvalue weighted by Gasteiger charge is 2.15. The molecule has 0 unspecified atom stereocenters. The van der Waals surface area contributed by atoms with Gasteiger partial charge in [0.1, 0.15) is 0 Å². The summed E-state index contributed by atoms with van der Waals surface area (Å²) in [6.07, 6.45) is 0. The number of fused-ring (bicyclic) bond motifs is 5. The van der Waals surface area contributed by atoms with E-state index in [1.165, 1.54) is 64.0 Å². The van der Waals surface area contributed by atoms with Gasteiger partial charge in [-0.3, -0.25) is 0 Å². The van der Waals surface area contributed by atoms with Crippen LogP contribution < -0.4 is 0 Å². The zero-order valence-corrected chi connectivity index (χ0v) is 28.4. The molecule has 2 heterocycles. The van der Waals surface area contributed by atoms with Crippen LogP contribution in [0.5, 0.6) is 0 Å². The predicted octanol–water partition coefficient (Wildman–Crippen LogP) is 13.5. The molecule has 0 saturated heterocycles. The van der Waals surface area contributed by atoms with E-state index in [4.69, 9.17) is 9.97 Å². The van der Waals surface area contributed by atoms with Gasteiger partial charge in [-0.15, -0.1) is 11.3 Å². The van der Waals surface area contributed by atoms with Gasteiger partial charge >= 0.3 is 0 Å². The van der Waals surface area contributed by atoms with Gasteiger partial charge < -0.3 is 0 Å². The van der Waals surface area contributed by atoms with Crippen molar-refractivity contribution in [3.63, 3.8) is 0 Å². The lowest BCUT2D eigenvalue weighted by Crippen LogP contribution is -1.96. The van der Waals surface area contributed by atoms with E-state index in [1.807, 2.05) is 29.5 Å². The van der Waals surface area contributed by atoms with Crippen LogP contribution in [-0.2, 0) is 0 Å². The Morgan fingerprint density at radius 2 is 0.902 bits per heavy atom. The summed E-state index contributed by atoms with van der Waals surface area (Å²) in [6, 6.07) is 65.0. The molecule has 3 heteroatoms. The summed E-state index contributed by atoms with van der Waals surface area (Å²) in [5.74, 6) is 0.714. The van der Waals surface area contributed by atoms with Crippen LogP contribution in [0.2, 0.25) is 0 Å². The second kappa shape index (κ2) is 12.2. The molecule has 8 aromatic carbocycles. The molecule has 0 aliphatic rings. The van der Waals surface area contributed by atoms with Crippen LogP contribution in [0.15, 0.2) is 182 Å². The molecule has 0 spiro atoms. The van der Waals surface area contributed by atoms with E-state index in [0.717, 1.165) is 28.1 Å². The highest BCUT2D eigenvalue weighted by Crippen LogP contribution is 2.41. The first kappa shape index (κ1) is 29.5. The molecule has 0 bridgehead atoms. The minimum absolute atomic E-state index is 0.714.